The van der Waals surface area contributed by atoms with Gasteiger partial charge in [-0.15, -0.1) is 0 Å². The van der Waals surface area contributed by atoms with Gasteiger partial charge in [0.2, 0.25) is 5.91 Å². The number of hydrogen-bond acceptors (Lipinski definition) is 5. The van der Waals surface area contributed by atoms with E-state index >= 15 is 0 Å². The lowest BCUT2D eigenvalue weighted by Crippen LogP contribution is -2.44. The SMILES string of the molecule is CC[C@H](NC(=O)CN(Cc1ccco1)[C@@H]1CCS(=O)(=O)C1)c1ccc(Cl)cc1. The van der Waals surface area contributed by atoms with Gasteiger partial charge in [0.25, 0.3) is 0 Å². The Morgan fingerprint density at radius 2 is 2.07 bits per heavy atom. The van der Waals surface area contributed by atoms with Crippen LogP contribution in [0, 0.1) is 0 Å². The summed E-state index contributed by atoms with van der Waals surface area (Å²) in [5, 5.41) is 3.70. The van der Waals surface area contributed by atoms with E-state index in [9.17, 15) is 13.2 Å². The third-order valence-electron chi connectivity index (χ3n) is 5.03. The fraction of sp³-hybridized carbons (Fsp3) is 0.450. The van der Waals surface area contributed by atoms with E-state index in [1.54, 1.807) is 24.5 Å². The summed E-state index contributed by atoms with van der Waals surface area (Å²) in [6.45, 7) is 2.52. The van der Waals surface area contributed by atoms with Gasteiger partial charge in [-0.2, -0.15) is 0 Å². The zero-order chi connectivity index (χ0) is 20.1. The Bertz CT molecular complexity index is 881. The number of nitrogens with zero attached hydrogens (tertiary/aromatic N) is 1. The largest absolute Gasteiger partial charge is 0.468 e. The average Bonchev–Trinajstić information content (AvgIpc) is 3.29. The van der Waals surface area contributed by atoms with Crippen molar-refractivity contribution in [1.82, 2.24) is 10.2 Å². The number of nitrogens with one attached hydrogen (secondary N) is 1. The second-order valence-electron chi connectivity index (χ2n) is 7.12. The number of hydrogen-bond donors (Lipinski definition) is 1. The number of halogens is 1. The van der Waals surface area contributed by atoms with Crippen molar-refractivity contribution in [2.45, 2.75) is 38.4 Å². The number of furan rings is 1. The Labute approximate surface area is 170 Å². The molecule has 0 aliphatic carbocycles. The molecule has 3 rings (SSSR count). The predicted octanol–water partition coefficient (Wildman–Crippen LogP) is 3.19. The Morgan fingerprint density at radius 1 is 1.32 bits per heavy atom. The molecule has 0 bridgehead atoms. The van der Waals surface area contributed by atoms with Gasteiger partial charge >= 0.3 is 0 Å². The molecule has 0 unspecified atom stereocenters. The van der Waals surface area contributed by atoms with E-state index in [2.05, 4.69) is 5.32 Å². The highest BCUT2D eigenvalue weighted by Gasteiger charge is 2.33. The van der Waals surface area contributed by atoms with Crippen molar-refractivity contribution in [3.8, 4) is 0 Å². The van der Waals surface area contributed by atoms with Gasteiger partial charge in [-0.1, -0.05) is 30.7 Å². The molecule has 1 aromatic carbocycles. The van der Waals surface area contributed by atoms with Crippen LogP contribution >= 0.6 is 11.6 Å². The Kier molecular flexibility index (Phi) is 6.80. The van der Waals surface area contributed by atoms with E-state index in [4.69, 9.17) is 16.0 Å². The molecule has 2 heterocycles. The lowest BCUT2D eigenvalue weighted by Gasteiger charge is -2.27. The van der Waals surface area contributed by atoms with Gasteiger partial charge in [-0.3, -0.25) is 9.69 Å². The Balaban J connectivity index is 1.68. The molecule has 6 nitrogen and oxygen atoms in total. The highest BCUT2D eigenvalue weighted by atomic mass is 35.5. The Morgan fingerprint density at radius 3 is 2.64 bits per heavy atom. The van der Waals surface area contributed by atoms with Crippen LogP contribution in [-0.4, -0.2) is 43.3 Å². The van der Waals surface area contributed by atoms with Crippen LogP contribution in [0.2, 0.25) is 5.02 Å². The second kappa shape index (κ2) is 9.11. The molecule has 0 saturated carbocycles. The first-order valence-electron chi connectivity index (χ1n) is 9.38. The molecule has 2 aromatic rings. The van der Waals surface area contributed by atoms with Gasteiger partial charge in [0, 0.05) is 11.1 Å². The van der Waals surface area contributed by atoms with Crippen molar-refractivity contribution in [3.05, 3.63) is 59.0 Å². The van der Waals surface area contributed by atoms with Crippen molar-refractivity contribution >= 4 is 27.3 Å². The van der Waals surface area contributed by atoms with Crippen molar-refractivity contribution in [1.29, 1.82) is 0 Å². The molecule has 1 aliphatic heterocycles. The molecule has 152 valence electrons. The summed E-state index contributed by atoms with van der Waals surface area (Å²) in [5.74, 6) is 0.811. The molecule has 1 aliphatic rings. The van der Waals surface area contributed by atoms with Crippen LogP contribution in [0.4, 0.5) is 0 Å². The van der Waals surface area contributed by atoms with Gasteiger partial charge in [-0.25, -0.2) is 8.42 Å². The summed E-state index contributed by atoms with van der Waals surface area (Å²) in [6, 6.07) is 10.7. The number of rotatable bonds is 8. The van der Waals surface area contributed by atoms with Gasteiger partial charge in [0.1, 0.15) is 5.76 Å². The molecule has 0 spiro atoms. The van der Waals surface area contributed by atoms with E-state index in [1.807, 2.05) is 30.0 Å². The highest BCUT2D eigenvalue weighted by molar-refractivity contribution is 7.91. The minimum absolute atomic E-state index is 0.0787. The number of carbonyl (C=O) groups is 1. The van der Waals surface area contributed by atoms with Crippen molar-refractivity contribution in [2.24, 2.45) is 0 Å². The van der Waals surface area contributed by atoms with E-state index in [1.165, 1.54) is 0 Å². The number of carbonyl (C=O) groups excluding carboxylic acids is 1. The average molecular weight is 425 g/mol. The minimum Gasteiger partial charge on any atom is -0.468 e. The van der Waals surface area contributed by atoms with Gasteiger partial charge < -0.3 is 9.73 Å². The van der Waals surface area contributed by atoms with Crippen LogP contribution in [0.1, 0.15) is 37.1 Å². The van der Waals surface area contributed by atoms with Gasteiger partial charge in [-0.05, 0) is 42.7 Å². The molecule has 2 atom stereocenters. The molecular weight excluding hydrogens is 400 g/mol. The number of sulfone groups is 1. The third-order valence-corrected chi connectivity index (χ3v) is 7.03. The number of benzene rings is 1. The van der Waals surface area contributed by atoms with Crippen LogP contribution in [0.5, 0.6) is 0 Å². The quantitative estimate of drug-likeness (QED) is 0.703. The summed E-state index contributed by atoms with van der Waals surface area (Å²) in [7, 11) is -3.05. The van der Waals surface area contributed by atoms with Crippen LogP contribution in [0.15, 0.2) is 47.1 Å². The summed E-state index contributed by atoms with van der Waals surface area (Å²) in [4.78, 5) is 14.6. The summed E-state index contributed by atoms with van der Waals surface area (Å²) in [5.41, 5.74) is 0.987. The smallest absolute Gasteiger partial charge is 0.234 e. The van der Waals surface area contributed by atoms with Gasteiger partial charge in [0.05, 0.1) is 36.9 Å². The van der Waals surface area contributed by atoms with Crippen molar-refractivity contribution < 1.29 is 17.6 Å². The van der Waals surface area contributed by atoms with Crippen molar-refractivity contribution in [2.75, 3.05) is 18.1 Å². The first-order valence-corrected chi connectivity index (χ1v) is 11.6. The molecule has 1 saturated heterocycles. The standard InChI is InChI=1S/C20H25ClN2O4S/c1-2-19(15-5-7-16(21)8-6-15)22-20(24)13-23(12-18-4-3-10-27-18)17-9-11-28(25,26)14-17/h3-8,10,17,19H,2,9,11-14H2,1H3,(H,22,24)/t17-,19+/m1/s1. The molecule has 1 aromatic heterocycles. The molecule has 28 heavy (non-hydrogen) atoms. The fourth-order valence-corrected chi connectivity index (χ4v) is 5.41. The highest BCUT2D eigenvalue weighted by Crippen LogP contribution is 2.22. The summed E-state index contributed by atoms with van der Waals surface area (Å²) >= 11 is 5.95. The molecular formula is C20H25ClN2O4S. The number of amides is 1. The maximum absolute atomic E-state index is 12.8. The maximum Gasteiger partial charge on any atom is 0.234 e. The molecule has 8 heteroatoms. The molecule has 1 N–H and O–H groups in total. The molecule has 0 radical (unpaired) electrons. The zero-order valence-corrected chi connectivity index (χ0v) is 17.4. The first-order chi connectivity index (χ1) is 13.4. The summed E-state index contributed by atoms with van der Waals surface area (Å²) < 4.78 is 29.2. The van der Waals surface area contributed by atoms with E-state index in [0.717, 1.165) is 12.0 Å². The van der Waals surface area contributed by atoms with E-state index in [-0.39, 0.29) is 36.0 Å². The van der Waals surface area contributed by atoms with Crippen LogP contribution in [-0.2, 0) is 21.2 Å². The second-order valence-corrected chi connectivity index (χ2v) is 9.79. The van der Waals surface area contributed by atoms with E-state index < -0.39 is 9.84 Å². The topological polar surface area (TPSA) is 79.6 Å². The minimum atomic E-state index is -3.05. The monoisotopic (exact) mass is 424 g/mol. The van der Waals surface area contributed by atoms with Crippen molar-refractivity contribution in [3.63, 3.8) is 0 Å². The molecule has 1 fully saturated rings. The third kappa shape index (κ3) is 5.59. The lowest BCUT2D eigenvalue weighted by molar-refractivity contribution is -0.123. The normalized spacial score (nSPS) is 19.6. The predicted molar refractivity (Wildman–Crippen MR) is 109 cm³/mol. The Hall–Kier alpha value is -1.83. The van der Waals surface area contributed by atoms with Crippen LogP contribution in [0.25, 0.3) is 0 Å². The summed E-state index contributed by atoms with van der Waals surface area (Å²) in [6.07, 6.45) is 2.85. The maximum atomic E-state index is 12.8. The van der Waals surface area contributed by atoms with Crippen LogP contribution < -0.4 is 5.32 Å². The van der Waals surface area contributed by atoms with Crippen LogP contribution in [0.3, 0.4) is 0 Å². The molecule has 1 amide bonds. The fourth-order valence-electron chi connectivity index (χ4n) is 3.52. The van der Waals surface area contributed by atoms with E-state index in [0.29, 0.717) is 23.7 Å². The first kappa shape index (κ1) is 20.9. The lowest BCUT2D eigenvalue weighted by atomic mass is 10.0. The van der Waals surface area contributed by atoms with Gasteiger partial charge in [0.15, 0.2) is 9.84 Å². The zero-order valence-electron chi connectivity index (χ0n) is 15.8.